The lowest BCUT2D eigenvalue weighted by molar-refractivity contribution is 0.356. The van der Waals surface area contributed by atoms with Gasteiger partial charge in [0, 0.05) is 17.5 Å². The molecular weight excluding hydrogens is 318 g/mol. The summed E-state index contributed by atoms with van der Waals surface area (Å²) in [4.78, 5) is 25.5. The summed E-state index contributed by atoms with van der Waals surface area (Å²) in [7, 11) is 3.05. The molecule has 2 aromatic carbocycles. The smallest absolute Gasteiger partial charge is 0.299 e. The number of aryl methyl sites for hydroxylation is 1. The maximum absolute atomic E-state index is 12.8. The quantitative estimate of drug-likeness (QED) is 0.676. The number of fused-ring (bicyclic) bond motifs is 4. The normalized spacial score (nSPS) is 12.4. The maximum Gasteiger partial charge on any atom is 0.299 e. The van der Waals surface area contributed by atoms with Gasteiger partial charge in [-0.25, -0.2) is 0 Å². The standard InChI is InChI=1S/C20H17NO4/c1-24-17-10-13-9-16-14-6-4-3-5-12(14)7-8-21(16)20(23)19(22)15(13)11-18(17)25-2/h3-6,9-11H,7-8H2,1-2H3. The van der Waals surface area contributed by atoms with Crippen molar-refractivity contribution in [1.82, 2.24) is 4.57 Å². The van der Waals surface area contributed by atoms with Crippen LogP contribution in [-0.4, -0.2) is 18.8 Å². The topological polar surface area (TPSA) is 57.5 Å². The van der Waals surface area contributed by atoms with Crippen LogP contribution < -0.4 is 20.5 Å². The fraction of sp³-hybridized carbons (Fsp3) is 0.200. The molecule has 0 atom stereocenters. The van der Waals surface area contributed by atoms with Crippen molar-refractivity contribution in [1.29, 1.82) is 0 Å². The number of benzene rings is 2. The van der Waals surface area contributed by atoms with Gasteiger partial charge < -0.3 is 14.0 Å². The summed E-state index contributed by atoms with van der Waals surface area (Å²) in [5.74, 6) is 0.956. The Morgan fingerprint density at radius 3 is 2.44 bits per heavy atom. The third-order valence-electron chi connectivity index (χ3n) is 4.72. The van der Waals surface area contributed by atoms with E-state index in [4.69, 9.17) is 9.47 Å². The van der Waals surface area contributed by atoms with Gasteiger partial charge in [0.25, 0.3) is 11.0 Å². The van der Waals surface area contributed by atoms with Gasteiger partial charge in [0.15, 0.2) is 11.5 Å². The van der Waals surface area contributed by atoms with Crippen molar-refractivity contribution >= 4 is 10.8 Å². The third kappa shape index (κ3) is 2.31. The summed E-state index contributed by atoms with van der Waals surface area (Å²) in [6, 6.07) is 13.2. The Morgan fingerprint density at radius 2 is 1.68 bits per heavy atom. The summed E-state index contributed by atoms with van der Waals surface area (Å²) in [5.41, 5.74) is 1.88. The second-order valence-corrected chi connectivity index (χ2v) is 6.02. The largest absolute Gasteiger partial charge is 0.493 e. The predicted octanol–water partition coefficient (Wildman–Crippen LogP) is 2.60. The molecule has 0 fully saturated rings. The van der Waals surface area contributed by atoms with E-state index in [-0.39, 0.29) is 0 Å². The molecule has 1 aliphatic heterocycles. The van der Waals surface area contributed by atoms with Crippen LogP contribution in [0.5, 0.6) is 11.5 Å². The van der Waals surface area contributed by atoms with Crippen LogP contribution in [0.1, 0.15) is 5.56 Å². The number of nitrogens with zero attached hydrogens (tertiary/aromatic N) is 1. The van der Waals surface area contributed by atoms with Crippen LogP contribution in [0.2, 0.25) is 0 Å². The fourth-order valence-corrected chi connectivity index (χ4v) is 3.45. The van der Waals surface area contributed by atoms with Crippen LogP contribution in [0.15, 0.2) is 52.1 Å². The molecule has 5 heteroatoms. The van der Waals surface area contributed by atoms with E-state index in [0.717, 1.165) is 17.7 Å². The molecule has 0 spiro atoms. The number of methoxy groups -OCH3 is 2. The van der Waals surface area contributed by atoms with E-state index in [1.54, 1.807) is 23.8 Å². The Hall–Kier alpha value is -3.08. The van der Waals surface area contributed by atoms with Crippen molar-refractivity contribution in [3.8, 4) is 22.8 Å². The van der Waals surface area contributed by atoms with Gasteiger partial charge in [-0.1, -0.05) is 24.3 Å². The van der Waals surface area contributed by atoms with Gasteiger partial charge in [-0.15, -0.1) is 0 Å². The van der Waals surface area contributed by atoms with Crippen molar-refractivity contribution in [2.45, 2.75) is 13.0 Å². The van der Waals surface area contributed by atoms with E-state index in [2.05, 4.69) is 6.07 Å². The van der Waals surface area contributed by atoms with Crippen molar-refractivity contribution in [3.05, 3.63) is 68.6 Å². The Kier molecular flexibility index (Phi) is 3.57. The lowest BCUT2D eigenvalue weighted by Crippen LogP contribution is -2.34. The summed E-state index contributed by atoms with van der Waals surface area (Å²) < 4.78 is 12.2. The average Bonchev–Trinajstić information content (AvgIpc) is 2.76. The molecule has 2 heterocycles. The van der Waals surface area contributed by atoms with Gasteiger partial charge in [0.1, 0.15) is 0 Å². The minimum atomic E-state index is -0.526. The van der Waals surface area contributed by atoms with Crippen molar-refractivity contribution in [3.63, 3.8) is 0 Å². The molecule has 0 radical (unpaired) electrons. The minimum Gasteiger partial charge on any atom is -0.493 e. The van der Waals surface area contributed by atoms with Crippen LogP contribution in [0.3, 0.4) is 0 Å². The summed E-state index contributed by atoms with van der Waals surface area (Å²) in [6.45, 7) is 0.496. The zero-order valence-electron chi connectivity index (χ0n) is 14.0. The molecule has 0 saturated heterocycles. The van der Waals surface area contributed by atoms with Gasteiger partial charge >= 0.3 is 0 Å². The van der Waals surface area contributed by atoms with Crippen molar-refractivity contribution in [2.24, 2.45) is 0 Å². The molecule has 126 valence electrons. The number of hydrogen-bond donors (Lipinski definition) is 0. The molecule has 5 nitrogen and oxygen atoms in total. The fourth-order valence-electron chi connectivity index (χ4n) is 3.45. The monoisotopic (exact) mass is 335 g/mol. The lowest BCUT2D eigenvalue weighted by Gasteiger charge is -2.19. The molecule has 4 rings (SSSR count). The zero-order valence-corrected chi connectivity index (χ0v) is 14.0. The first-order valence-corrected chi connectivity index (χ1v) is 8.06. The van der Waals surface area contributed by atoms with E-state index in [1.165, 1.54) is 12.7 Å². The summed E-state index contributed by atoms with van der Waals surface area (Å²) >= 11 is 0. The highest BCUT2D eigenvalue weighted by Crippen LogP contribution is 2.33. The Balaban J connectivity index is 2.18. The van der Waals surface area contributed by atoms with Gasteiger partial charge in [-0.05, 0) is 35.6 Å². The van der Waals surface area contributed by atoms with Crippen LogP contribution in [0, 0.1) is 0 Å². The average molecular weight is 335 g/mol. The first kappa shape index (κ1) is 15.4. The molecule has 1 aromatic heterocycles. The number of aromatic nitrogens is 1. The molecule has 0 aliphatic carbocycles. The van der Waals surface area contributed by atoms with Crippen molar-refractivity contribution < 1.29 is 9.47 Å². The van der Waals surface area contributed by atoms with Crippen LogP contribution in [0.25, 0.3) is 22.0 Å². The predicted molar refractivity (Wildman–Crippen MR) is 96.7 cm³/mol. The van der Waals surface area contributed by atoms with Crippen LogP contribution in [-0.2, 0) is 13.0 Å². The highest BCUT2D eigenvalue weighted by molar-refractivity contribution is 5.88. The highest BCUT2D eigenvalue weighted by Gasteiger charge is 2.19. The van der Waals surface area contributed by atoms with Gasteiger partial charge in [0.05, 0.1) is 19.9 Å². The summed E-state index contributed by atoms with van der Waals surface area (Å²) in [5, 5.41) is 0.993. The van der Waals surface area contributed by atoms with Gasteiger partial charge in [0.2, 0.25) is 0 Å². The van der Waals surface area contributed by atoms with Crippen molar-refractivity contribution in [2.75, 3.05) is 14.2 Å². The molecule has 0 N–H and O–H groups in total. The lowest BCUT2D eigenvalue weighted by atomic mass is 9.98. The third-order valence-corrected chi connectivity index (χ3v) is 4.72. The number of rotatable bonds is 2. The Labute approximate surface area is 144 Å². The molecule has 25 heavy (non-hydrogen) atoms. The first-order valence-electron chi connectivity index (χ1n) is 8.06. The maximum atomic E-state index is 12.8. The van der Waals surface area contributed by atoms with E-state index >= 15 is 0 Å². The molecule has 3 aromatic rings. The molecule has 0 amide bonds. The SMILES string of the molecule is COc1cc2cc3n(c(=O)c(=O)c2cc1OC)CCc1ccccc1-3. The molecule has 0 unspecified atom stereocenters. The minimum absolute atomic E-state index is 0.335. The molecule has 0 saturated carbocycles. The van der Waals surface area contributed by atoms with Gasteiger partial charge in [-0.3, -0.25) is 9.59 Å². The van der Waals surface area contributed by atoms with E-state index in [0.29, 0.717) is 28.8 Å². The molecular formula is C20H17NO4. The molecule has 0 bridgehead atoms. The van der Waals surface area contributed by atoms with Crippen LogP contribution in [0.4, 0.5) is 0 Å². The summed E-state index contributed by atoms with van der Waals surface area (Å²) in [6.07, 6.45) is 0.732. The second-order valence-electron chi connectivity index (χ2n) is 6.02. The van der Waals surface area contributed by atoms with Gasteiger partial charge in [-0.2, -0.15) is 0 Å². The van der Waals surface area contributed by atoms with E-state index in [9.17, 15) is 9.59 Å². The Bertz CT molecular complexity index is 1110. The van der Waals surface area contributed by atoms with E-state index in [1.807, 2.05) is 24.3 Å². The first-order chi connectivity index (χ1) is 12.1. The second kappa shape index (κ2) is 5.77. The molecule has 1 aliphatic rings. The Morgan fingerprint density at radius 1 is 0.960 bits per heavy atom. The van der Waals surface area contributed by atoms with Crippen LogP contribution >= 0.6 is 0 Å². The van der Waals surface area contributed by atoms with E-state index < -0.39 is 11.0 Å². The highest BCUT2D eigenvalue weighted by atomic mass is 16.5. The number of ether oxygens (including phenoxy) is 2. The number of hydrogen-bond acceptors (Lipinski definition) is 4. The zero-order chi connectivity index (χ0) is 17.6.